The number of ketones is 1. The van der Waals surface area contributed by atoms with E-state index in [-0.39, 0.29) is 30.3 Å². The van der Waals surface area contributed by atoms with Crippen LogP contribution in [0.25, 0.3) is 0 Å². The van der Waals surface area contributed by atoms with Crippen LogP contribution < -0.4 is 11.1 Å². The summed E-state index contributed by atoms with van der Waals surface area (Å²) in [5.74, 6) is -0.319. The van der Waals surface area contributed by atoms with Crippen LogP contribution in [0.1, 0.15) is 42.3 Å². The van der Waals surface area contributed by atoms with Crippen LogP contribution in [0.2, 0.25) is 0 Å². The number of amides is 1. The Morgan fingerprint density at radius 3 is 2.45 bits per heavy atom. The van der Waals surface area contributed by atoms with E-state index >= 15 is 0 Å². The molecule has 6 heteroatoms. The minimum absolute atomic E-state index is 0.121. The molecule has 5 N–H and O–H groups in total. The van der Waals surface area contributed by atoms with Gasteiger partial charge in [0.2, 0.25) is 5.91 Å². The SMILES string of the molecule is CC(=O)NCCC(O)C(O)c1ccc(C(C)=O)cc1N. The van der Waals surface area contributed by atoms with Gasteiger partial charge in [-0.3, -0.25) is 9.59 Å². The van der Waals surface area contributed by atoms with Gasteiger partial charge in [-0.1, -0.05) is 12.1 Å². The van der Waals surface area contributed by atoms with Crippen molar-refractivity contribution in [3.63, 3.8) is 0 Å². The summed E-state index contributed by atoms with van der Waals surface area (Å²) in [5, 5.41) is 22.4. The van der Waals surface area contributed by atoms with Gasteiger partial charge in [-0.2, -0.15) is 0 Å². The van der Waals surface area contributed by atoms with Crippen molar-refractivity contribution in [3.8, 4) is 0 Å². The second-order valence-electron chi connectivity index (χ2n) is 4.68. The highest BCUT2D eigenvalue weighted by molar-refractivity contribution is 5.95. The monoisotopic (exact) mass is 280 g/mol. The first kappa shape index (κ1) is 16.1. The number of carbonyl (C=O) groups excluding carboxylic acids is 2. The second-order valence-corrected chi connectivity index (χ2v) is 4.68. The number of benzene rings is 1. The summed E-state index contributed by atoms with van der Waals surface area (Å²) in [4.78, 5) is 21.9. The number of Topliss-reactive ketones (excluding diaryl/α,β-unsaturated/α-hetero) is 1. The molecule has 0 aliphatic carbocycles. The summed E-state index contributed by atoms with van der Waals surface area (Å²) in [5.41, 5.74) is 6.85. The number of rotatable bonds is 6. The molecule has 0 fully saturated rings. The van der Waals surface area contributed by atoms with Crippen molar-refractivity contribution >= 4 is 17.4 Å². The predicted octanol–water partition coefficient (Wildman–Crippen LogP) is 0.392. The van der Waals surface area contributed by atoms with Gasteiger partial charge in [-0.15, -0.1) is 0 Å². The molecule has 0 aromatic heterocycles. The maximum Gasteiger partial charge on any atom is 0.216 e. The van der Waals surface area contributed by atoms with E-state index in [0.29, 0.717) is 11.1 Å². The number of aliphatic hydroxyl groups is 2. The van der Waals surface area contributed by atoms with E-state index in [1.807, 2.05) is 0 Å². The molecule has 20 heavy (non-hydrogen) atoms. The Hall–Kier alpha value is -1.92. The Bertz CT molecular complexity index is 502. The first-order chi connectivity index (χ1) is 9.32. The second kappa shape index (κ2) is 7.02. The lowest BCUT2D eigenvalue weighted by atomic mass is 9.98. The molecule has 0 saturated heterocycles. The zero-order valence-electron chi connectivity index (χ0n) is 11.6. The molecule has 0 spiro atoms. The molecule has 1 aromatic rings. The molecule has 1 aromatic carbocycles. The first-order valence-electron chi connectivity index (χ1n) is 6.34. The lowest BCUT2D eigenvalue weighted by molar-refractivity contribution is -0.119. The number of hydrogen-bond donors (Lipinski definition) is 4. The smallest absolute Gasteiger partial charge is 0.216 e. The molecule has 0 aliphatic heterocycles. The minimum atomic E-state index is -1.16. The highest BCUT2D eigenvalue weighted by atomic mass is 16.3. The number of hydrogen-bond acceptors (Lipinski definition) is 5. The van der Waals surface area contributed by atoms with E-state index in [2.05, 4.69) is 5.32 Å². The number of anilines is 1. The molecule has 0 saturated carbocycles. The molecular weight excluding hydrogens is 260 g/mol. The molecule has 0 radical (unpaired) electrons. The summed E-state index contributed by atoms with van der Waals surface area (Å²) >= 11 is 0. The minimum Gasteiger partial charge on any atom is -0.398 e. The van der Waals surface area contributed by atoms with Crippen LogP contribution in [0.5, 0.6) is 0 Å². The first-order valence-corrected chi connectivity index (χ1v) is 6.34. The molecule has 1 amide bonds. The van der Waals surface area contributed by atoms with Gasteiger partial charge in [0.05, 0.1) is 6.10 Å². The fourth-order valence-corrected chi connectivity index (χ4v) is 1.82. The molecule has 110 valence electrons. The molecule has 2 unspecified atom stereocenters. The summed E-state index contributed by atoms with van der Waals surface area (Å²) in [6, 6.07) is 4.55. The van der Waals surface area contributed by atoms with Gasteiger partial charge in [-0.05, 0) is 19.4 Å². The maximum atomic E-state index is 11.2. The zero-order chi connectivity index (χ0) is 15.3. The van der Waals surface area contributed by atoms with Crippen molar-refractivity contribution in [1.82, 2.24) is 5.32 Å². The number of carbonyl (C=O) groups is 2. The fraction of sp³-hybridized carbons (Fsp3) is 0.429. The van der Waals surface area contributed by atoms with Crippen LogP contribution in [0, 0.1) is 0 Å². The molecule has 0 bridgehead atoms. The number of aliphatic hydroxyl groups excluding tert-OH is 2. The zero-order valence-corrected chi connectivity index (χ0v) is 11.6. The summed E-state index contributed by atoms with van der Waals surface area (Å²) in [6.07, 6.45) is -2.01. The van der Waals surface area contributed by atoms with E-state index in [0.717, 1.165) is 0 Å². The lowest BCUT2D eigenvalue weighted by Crippen LogP contribution is -2.28. The van der Waals surface area contributed by atoms with Crippen molar-refractivity contribution in [2.75, 3.05) is 12.3 Å². The third kappa shape index (κ3) is 4.32. The van der Waals surface area contributed by atoms with Gasteiger partial charge < -0.3 is 21.3 Å². The van der Waals surface area contributed by atoms with E-state index in [1.54, 1.807) is 6.07 Å². The van der Waals surface area contributed by atoms with Gasteiger partial charge >= 0.3 is 0 Å². The molecule has 2 atom stereocenters. The Morgan fingerprint density at radius 1 is 1.30 bits per heavy atom. The number of nitrogens with two attached hydrogens (primary N) is 1. The van der Waals surface area contributed by atoms with E-state index in [4.69, 9.17) is 5.73 Å². The molecular formula is C14H20N2O4. The van der Waals surface area contributed by atoms with E-state index < -0.39 is 12.2 Å². The van der Waals surface area contributed by atoms with E-state index in [1.165, 1.54) is 26.0 Å². The number of nitrogens with one attached hydrogen (secondary N) is 1. The summed E-state index contributed by atoms with van der Waals surface area (Å²) in [7, 11) is 0. The maximum absolute atomic E-state index is 11.2. The van der Waals surface area contributed by atoms with Crippen LogP contribution in [0.4, 0.5) is 5.69 Å². The topological polar surface area (TPSA) is 113 Å². The normalized spacial score (nSPS) is 13.6. The quantitative estimate of drug-likeness (QED) is 0.445. The highest BCUT2D eigenvalue weighted by Gasteiger charge is 2.20. The Balaban J connectivity index is 2.73. The van der Waals surface area contributed by atoms with E-state index in [9.17, 15) is 19.8 Å². The van der Waals surface area contributed by atoms with Crippen LogP contribution >= 0.6 is 0 Å². The third-order valence-electron chi connectivity index (χ3n) is 2.99. The fourth-order valence-electron chi connectivity index (χ4n) is 1.82. The van der Waals surface area contributed by atoms with Crippen LogP contribution in [0.15, 0.2) is 18.2 Å². The predicted molar refractivity (Wildman–Crippen MR) is 75.1 cm³/mol. The third-order valence-corrected chi connectivity index (χ3v) is 2.99. The summed E-state index contributed by atoms with van der Waals surface area (Å²) < 4.78 is 0. The van der Waals surface area contributed by atoms with Gasteiger partial charge in [0, 0.05) is 30.3 Å². The van der Waals surface area contributed by atoms with Crippen LogP contribution in [0.3, 0.4) is 0 Å². The van der Waals surface area contributed by atoms with Gasteiger partial charge in [0.15, 0.2) is 5.78 Å². The average Bonchev–Trinajstić information content (AvgIpc) is 2.37. The standard InChI is InChI=1S/C14H20N2O4/c1-8(17)10-3-4-11(12(15)7-10)14(20)13(19)5-6-16-9(2)18/h3-4,7,13-14,19-20H,5-6,15H2,1-2H3,(H,16,18). The lowest BCUT2D eigenvalue weighted by Gasteiger charge is -2.20. The molecule has 0 heterocycles. The highest BCUT2D eigenvalue weighted by Crippen LogP contribution is 2.25. The van der Waals surface area contributed by atoms with Gasteiger partial charge in [0.1, 0.15) is 6.10 Å². The molecule has 6 nitrogen and oxygen atoms in total. The van der Waals surface area contributed by atoms with Crippen molar-refractivity contribution < 1.29 is 19.8 Å². The van der Waals surface area contributed by atoms with Gasteiger partial charge in [0.25, 0.3) is 0 Å². The average molecular weight is 280 g/mol. The van der Waals surface area contributed by atoms with Gasteiger partial charge in [-0.25, -0.2) is 0 Å². The van der Waals surface area contributed by atoms with Crippen molar-refractivity contribution in [2.45, 2.75) is 32.5 Å². The Morgan fingerprint density at radius 2 is 1.95 bits per heavy atom. The number of nitrogen functional groups attached to an aromatic ring is 1. The Kier molecular flexibility index (Phi) is 5.66. The summed E-state index contributed by atoms with van der Waals surface area (Å²) in [6.45, 7) is 3.06. The largest absolute Gasteiger partial charge is 0.398 e. The van der Waals surface area contributed by atoms with Crippen molar-refractivity contribution in [1.29, 1.82) is 0 Å². The molecule has 1 rings (SSSR count). The van der Waals surface area contributed by atoms with Crippen molar-refractivity contribution in [2.24, 2.45) is 0 Å². The van der Waals surface area contributed by atoms with Crippen molar-refractivity contribution in [3.05, 3.63) is 29.3 Å². The Labute approximate surface area is 117 Å². The molecule has 0 aliphatic rings. The van der Waals surface area contributed by atoms with Crippen LogP contribution in [-0.2, 0) is 4.79 Å². The van der Waals surface area contributed by atoms with Crippen LogP contribution in [-0.4, -0.2) is 34.6 Å².